The molecule has 0 aliphatic carbocycles. The Balaban J connectivity index is 1.80. The van der Waals surface area contributed by atoms with Crippen LogP contribution in [0.2, 0.25) is 0 Å². The van der Waals surface area contributed by atoms with Crippen LogP contribution in [0, 0.1) is 0 Å². The highest BCUT2D eigenvalue weighted by Gasteiger charge is 2.29. The number of carbonyl (C=O) groups is 1. The van der Waals surface area contributed by atoms with Gasteiger partial charge in [-0.1, -0.05) is 6.07 Å². The molecule has 0 radical (unpaired) electrons. The molecule has 4 heterocycles. The van der Waals surface area contributed by atoms with Gasteiger partial charge in [0.25, 0.3) is 0 Å². The van der Waals surface area contributed by atoms with Crippen molar-refractivity contribution in [1.29, 1.82) is 0 Å². The van der Waals surface area contributed by atoms with Crippen molar-refractivity contribution in [2.24, 2.45) is 5.73 Å². The van der Waals surface area contributed by atoms with Crippen LogP contribution in [0.1, 0.15) is 24.6 Å². The van der Waals surface area contributed by atoms with E-state index >= 15 is 0 Å². The summed E-state index contributed by atoms with van der Waals surface area (Å²) in [4.78, 5) is 29.8. The Bertz CT molecular complexity index is 794. The molecule has 1 saturated heterocycles. The predicted molar refractivity (Wildman–Crippen MR) is 94.9 cm³/mol. The van der Waals surface area contributed by atoms with Gasteiger partial charge in [-0.25, -0.2) is 9.97 Å². The van der Waals surface area contributed by atoms with Crippen LogP contribution in [0.25, 0.3) is 11.5 Å². The number of amides is 1. The summed E-state index contributed by atoms with van der Waals surface area (Å²) in [7, 11) is 0. The Hall–Kier alpha value is -2.54. The first-order valence-electron chi connectivity index (χ1n) is 8.69. The van der Waals surface area contributed by atoms with Gasteiger partial charge in [0.2, 0.25) is 5.91 Å². The number of rotatable bonds is 2. The molecule has 2 N–H and O–H groups in total. The molecule has 1 amide bonds. The highest BCUT2D eigenvalue weighted by atomic mass is 16.2. The second-order valence-electron chi connectivity index (χ2n) is 6.70. The number of aromatic nitrogens is 3. The number of carbonyl (C=O) groups excluding carboxylic acids is 1. The van der Waals surface area contributed by atoms with Crippen LogP contribution in [0.5, 0.6) is 0 Å². The largest absolute Gasteiger partial charge is 0.355 e. The summed E-state index contributed by atoms with van der Waals surface area (Å²) in [6.45, 7) is 4.55. The van der Waals surface area contributed by atoms with Gasteiger partial charge >= 0.3 is 0 Å². The Morgan fingerprint density at radius 1 is 1.28 bits per heavy atom. The first-order valence-corrected chi connectivity index (χ1v) is 8.69. The quantitative estimate of drug-likeness (QED) is 0.878. The lowest BCUT2D eigenvalue weighted by molar-refractivity contribution is -0.129. The lowest BCUT2D eigenvalue weighted by atomic mass is 10.0. The van der Waals surface area contributed by atoms with E-state index in [0.717, 1.165) is 48.7 Å². The number of nitrogens with two attached hydrogens (primary N) is 1. The number of fused-ring (bicyclic) bond motifs is 1. The third kappa shape index (κ3) is 3.07. The normalized spacial score (nSPS) is 19.8. The minimum absolute atomic E-state index is 0.0772. The minimum atomic E-state index is 0.0772. The summed E-state index contributed by atoms with van der Waals surface area (Å²) in [5.74, 6) is 1.65. The molecular formula is C18H22N6O. The smallest absolute Gasteiger partial charge is 0.219 e. The molecule has 2 aliphatic rings. The van der Waals surface area contributed by atoms with Crippen molar-refractivity contribution in [1.82, 2.24) is 19.9 Å². The minimum Gasteiger partial charge on any atom is -0.355 e. The number of nitrogens with zero attached hydrogens (tertiary/aromatic N) is 5. The zero-order valence-electron chi connectivity index (χ0n) is 14.4. The van der Waals surface area contributed by atoms with Gasteiger partial charge < -0.3 is 15.5 Å². The first kappa shape index (κ1) is 16.0. The van der Waals surface area contributed by atoms with Crippen molar-refractivity contribution >= 4 is 11.7 Å². The summed E-state index contributed by atoms with van der Waals surface area (Å²) in [5.41, 5.74) is 8.91. The molecule has 0 spiro atoms. The zero-order valence-corrected chi connectivity index (χ0v) is 14.4. The third-order valence-electron chi connectivity index (χ3n) is 4.91. The summed E-state index contributed by atoms with van der Waals surface area (Å²) in [6, 6.07) is 5.90. The maximum atomic E-state index is 11.8. The van der Waals surface area contributed by atoms with Gasteiger partial charge in [0.15, 0.2) is 5.82 Å². The number of anilines is 1. The highest BCUT2D eigenvalue weighted by molar-refractivity contribution is 5.74. The van der Waals surface area contributed by atoms with Gasteiger partial charge in [0, 0.05) is 44.4 Å². The second-order valence-corrected chi connectivity index (χ2v) is 6.70. The average molecular weight is 338 g/mol. The van der Waals surface area contributed by atoms with E-state index in [1.807, 2.05) is 23.1 Å². The van der Waals surface area contributed by atoms with Crippen molar-refractivity contribution in [3.05, 3.63) is 35.7 Å². The van der Waals surface area contributed by atoms with Crippen molar-refractivity contribution in [3.63, 3.8) is 0 Å². The molecule has 130 valence electrons. The number of hydrogen-bond donors (Lipinski definition) is 1. The second kappa shape index (κ2) is 6.40. The summed E-state index contributed by atoms with van der Waals surface area (Å²) in [5, 5.41) is 0. The average Bonchev–Trinajstić information content (AvgIpc) is 3.07. The van der Waals surface area contributed by atoms with Crippen LogP contribution in [-0.4, -0.2) is 51.4 Å². The van der Waals surface area contributed by atoms with Crippen molar-refractivity contribution in [3.8, 4) is 11.5 Å². The molecule has 0 bridgehead atoms. The van der Waals surface area contributed by atoms with Gasteiger partial charge in [-0.15, -0.1) is 0 Å². The molecule has 1 atom stereocenters. The molecule has 2 aliphatic heterocycles. The maximum Gasteiger partial charge on any atom is 0.219 e. The Morgan fingerprint density at radius 2 is 2.16 bits per heavy atom. The van der Waals surface area contributed by atoms with Crippen LogP contribution >= 0.6 is 0 Å². The molecule has 7 heteroatoms. The van der Waals surface area contributed by atoms with E-state index in [1.165, 1.54) is 0 Å². The highest BCUT2D eigenvalue weighted by Crippen LogP contribution is 2.30. The Labute approximate surface area is 146 Å². The van der Waals surface area contributed by atoms with Gasteiger partial charge in [-0.05, 0) is 25.0 Å². The van der Waals surface area contributed by atoms with E-state index in [9.17, 15) is 4.79 Å². The SMILES string of the molecule is CC(=O)N1CCc2c(nc(-c3ccccn3)nc2N2CC[C@H](N)C2)C1. The fourth-order valence-corrected chi connectivity index (χ4v) is 3.53. The summed E-state index contributed by atoms with van der Waals surface area (Å²) in [6.07, 6.45) is 3.49. The van der Waals surface area contributed by atoms with Gasteiger partial charge in [-0.3, -0.25) is 9.78 Å². The number of pyridine rings is 1. The standard InChI is InChI=1S/C18H22N6O/c1-12(25)23-9-6-14-16(11-23)21-17(15-4-2-3-7-20-15)22-18(14)24-8-5-13(19)10-24/h2-4,7,13H,5-6,8-11,19H2,1H3/t13-/m0/s1. The lowest BCUT2D eigenvalue weighted by Crippen LogP contribution is -2.37. The van der Waals surface area contributed by atoms with Crippen LogP contribution < -0.4 is 10.6 Å². The topological polar surface area (TPSA) is 88.2 Å². The van der Waals surface area contributed by atoms with E-state index < -0.39 is 0 Å². The van der Waals surface area contributed by atoms with E-state index in [0.29, 0.717) is 18.9 Å². The van der Waals surface area contributed by atoms with Gasteiger partial charge in [-0.2, -0.15) is 0 Å². The molecule has 0 unspecified atom stereocenters. The fourth-order valence-electron chi connectivity index (χ4n) is 3.53. The molecular weight excluding hydrogens is 316 g/mol. The van der Waals surface area contributed by atoms with Crippen LogP contribution in [-0.2, 0) is 17.8 Å². The Kier molecular flexibility index (Phi) is 4.09. The molecule has 2 aromatic heterocycles. The fraction of sp³-hybridized carbons (Fsp3) is 0.444. The first-order chi connectivity index (χ1) is 12.1. The Morgan fingerprint density at radius 3 is 2.84 bits per heavy atom. The van der Waals surface area contributed by atoms with Crippen LogP contribution in [0.3, 0.4) is 0 Å². The van der Waals surface area contributed by atoms with E-state index in [1.54, 1.807) is 13.1 Å². The van der Waals surface area contributed by atoms with Crippen LogP contribution in [0.4, 0.5) is 5.82 Å². The molecule has 4 rings (SSSR count). The van der Waals surface area contributed by atoms with Crippen molar-refractivity contribution in [2.45, 2.75) is 32.4 Å². The number of hydrogen-bond acceptors (Lipinski definition) is 6. The summed E-state index contributed by atoms with van der Waals surface area (Å²) < 4.78 is 0. The third-order valence-corrected chi connectivity index (χ3v) is 4.91. The summed E-state index contributed by atoms with van der Waals surface area (Å²) >= 11 is 0. The molecule has 0 aromatic carbocycles. The van der Waals surface area contributed by atoms with Crippen molar-refractivity contribution in [2.75, 3.05) is 24.5 Å². The monoisotopic (exact) mass is 338 g/mol. The van der Waals surface area contributed by atoms with Gasteiger partial charge in [0.1, 0.15) is 11.5 Å². The van der Waals surface area contributed by atoms with Crippen LogP contribution in [0.15, 0.2) is 24.4 Å². The molecule has 2 aromatic rings. The van der Waals surface area contributed by atoms with E-state index in [2.05, 4.69) is 9.88 Å². The van der Waals surface area contributed by atoms with E-state index in [-0.39, 0.29) is 11.9 Å². The molecule has 1 fully saturated rings. The molecule has 7 nitrogen and oxygen atoms in total. The zero-order chi connectivity index (χ0) is 17.4. The van der Waals surface area contributed by atoms with E-state index in [4.69, 9.17) is 15.7 Å². The molecule has 0 saturated carbocycles. The maximum absolute atomic E-state index is 11.8. The van der Waals surface area contributed by atoms with Crippen molar-refractivity contribution < 1.29 is 4.79 Å². The predicted octanol–water partition coefficient (Wildman–Crippen LogP) is 0.981. The molecule has 25 heavy (non-hydrogen) atoms. The lowest BCUT2D eigenvalue weighted by Gasteiger charge is -2.30. The van der Waals surface area contributed by atoms with Gasteiger partial charge in [0.05, 0.1) is 12.2 Å².